The van der Waals surface area contributed by atoms with Crippen LogP contribution in [0.3, 0.4) is 0 Å². The third-order valence-corrected chi connectivity index (χ3v) is 4.07. The molecule has 1 aliphatic rings. The Morgan fingerprint density at radius 3 is 2.43 bits per heavy atom. The van der Waals surface area contributed by atoms with Gasteiger partial charge in [-0.2, -0.15) is 9.97 Å². The summed E-state index contributed by atoms with van der Waals surface area (Å²) < 4.78 is 20.8. The number of anilines is 1. The van der Waals surface area contributed by atoms with Gasteiger partial charge >= 0.3 is 5.97 Å². The molecule has 3 atom stereocenters. The van der Waals surface area contributed by atoms with Crippen molar-refractivity contribution in [2.75, 3.05) is 26.1 Å². The first kappa shape index (κ1) is 21.7. The summed E-state index contributed by atoms with van der Waals surface area (Å²) in [6.45, 7) is 5.73. The van der Waals surface area contributed by atoms with E-state index in [1.165, 1.54) is 21.1 Å². The van der Waals surface area contributed by atoms with Crippen LogP contribution >= 0.6 is 0 Å². The largest absolute Gasteiger partial charge is 0.481 e. The number of hydrogen-bond acceptors (Lipinski definition) is 9. The number of aromatic nitrogens is 2. The van der Waals surface area contributed by atoms with Crippen molar-refractivity contribution in [2.24, 2.45) is 5.92 Å². The first-order valence-corrected chi connectivity index (χ1v) is 9.15. The standard InChI is InChI=1S/C18H28N4O6/c1-10(2)8-13(20-18-21-14(25-4)9-15(22-18)26-5)16(24)19-12-6-7-27-17(12)28-11(3)23/h9-10,12-13,17H,6-8H2,1-5H3,(H,19,24)(H,20,21,22)/t12-,13-,17-/m0/s1. The zero-order valence-electron chi connectivity index (χ0n) is 16.9. The number of carbonyl (C=O) groups is 2. The molecule has 2 N–H and O–H groups in total. The maximum atomic E-state index is 12.9. The van der Waals surface area contributed by atoms with Crippen LogP contribution in [0, 0.1) is 5.92 Å². The molecule has 0 bridgehead atoms. The van der Waals surface area contributed by atoms with Gasteiger partial charge in [-0.15, -0.1) is 0 Å². The summed E-state index contributed by atoms with van der Waals surface area (Å²) in [7, 11) is 2.97. The van der Waals surface area contributed by atoms with E-state index in [9.17, 15) is 9.59 Å². The van der Waals surface area contributed by atoms with E-state index in [2.05, 4.69) is 20.6 Å². The molecule has 2 rings (SSSR count). The maximum absolute atomic E-state index is 12.9. The molecule has 0 aromatic carbocycles. The molecule has 10 nitrogen and oxygen atoms in total. The van der Waals surface area contributed by atoms with Crippen LogP contribution in [0.2, 0.25) is 0 Å². The molecule has 1 fully saturated rings. The van der Waals surface area contributed by atoms with E-state index in [-0.39, 0.29) is 17.8 Å². The Hall–Kier alpha value is -2.62. The minimum atomic E-state index is -0.783. The van der Waals surface area contributed by atoms with Gasteiger partial charge in [0.1, 0.15) is 6.04 Å². The van der Waals surface area contributed by atoms with Crippen LogP contribution in [0.5, 0.6) is 11.8 Å². The van der Waals surface area contributed by atoms with E-state index >= 15 is 0 Å². The minimum Gasteiger partial charge on any atom is -0.481 e. The molecule has 0 spiro atoms. The average Bonchev–Trinajstić information content (AvgIpc) is 3.06. The van der Waals surface area contributed by atoms with Gasteiger partial charge in [0.2, 0.25) is 29.9 Å². The van der Waals surface area contributed by atoms with E-state index in [4.69, 9.17) is 18.9 Å². The Kier molecular flexibility index (Phi) is 7.80. The predicted octanol–water partition coefficient (Wildman–Crippen LogP) is 1.11. The number of esters is 1. The fourth-order valence-corrected chi connectivity index (χ4v) is 2.80. The second kappa shape index (κ2) is 10.1. The van der Waals surface area contributed by atoms with Gasteiger partial charge in [-0.25, -0.2) is 0 Å². The van der Waals surface area contributed by atoms with Gasteiger partial charge in [0, 0.05) is 6.92 Å². The molecule has 1 aliphatic heterocycles. The second-order valence-electron chi connectivity index (χ2n) is 6.86. The van der Waals surface area contributed by atoms with Gasteiger partial charge in [0.05, 0.1) is 32.9 Å². The maximum Gasteiger partial charge on any atom is 0.305 e. The van der Waals surface area contributed by atoms with E-state index in [0.29, 0.717) is 31.2 Å². The van der Waals surface area contributed by atoms with Gasteiger partial charge in [0.25, 0.3) is 0 Å². The predicted molar refractivity (Wildman–Crippen MR) is 100 cm³/mol. The van der Waals surface area contributed by atoms with Gasteiger partial charge in [-0.1, -0.05) is 13.8 Å². The number of ether oxygens (including phenoxy) is 4. The van der Waals surface area contributed by atoms with Gasteiger partial charge in [0.15, 0.2) is 0 Å². The number of amides is 1. The summed E-state index contributed by atoms with van der Waals surface area (Å²) >= 11 is 0. The van der Waals surface area contributed by atoms with E-state index in [0.717, 1.165) is 0 Å². The molecule has 28 heavy (non-hydrogen) atoms. The van der Waals surface area contributed by atoms with Gasteiger partial charge < -0.3 is 29.6 Å². The number of nitrogens with zero attached hydrogens (tertiary/aromatic N) is 2. The molecule has 10 heteroatoms. The number of carbonyl (C=O) groups excluding carboxylic acids is 2. The molecule has 2 heterocycles. The van der Waals surface area contributed by atoms with Crippen molar-refractivity contribution in [1.29, 1.82) is 0 Å². The van der Waals surface area contributed by atoms with Crippen molar-refractivity contribution in [1.82, 2.24) is 15.3 Å². The average molecular weight is 396 g/mol. The molecule has 0 unspecified atom stereocenters. The summed E-state index contributed by atoms with van der Waals surface area (Å²) in [4.78, 5) is 32.5. The third-order valence-electron chi connectivity index (χ3n) is 4.07. The number of hydrogen-bond donors (Lipinski definition) is 2. The monoisotopic (exact) mass is 396 g/mol. The quantitative estimate of drug-likeness (QED) is 0.591. The van der Waals surface area contributed by atoms with Gasteiger partial charge in [-0.3, -0.25) is 9.59 Å². The normalized spacial score (nSPS) is 19.8. The van der Waals surface area contributed by atoms with Crippen LogP contribution in [-0.4, -0.2) is 61.0 Å². The van der Waals surface area contributed by atoms with Crippen LogP contribution < -0.4 is 20.1 Å². The smallest absolute Gasteiger partial charge is 0.305 e. The van der Waals surface area contributed by atoms with E-state index < -0.39 is 24.3 Å². The lowest BCUT2D eigenvalue weighted by Gasteiger charge is -2.24. The lowest BCUT2D eigenvalue weighted by atomic mass is 10.0. The van der Waals surface area contributed by atoms with Crippen LogP contribution in [0.4, 0.5) is 5.95 Å². The zero-order chi connectivity index (χ0) is 20.7. The third kappa shape index (κ3) is 6.22. The number of nitrogens with one attached hydrogen (secondary N) is 2. The first-order valence-electron chi connectivity index (χ1n) is 9.15. The Labute approximate surface area is 164 Å². The van der Waals surface area contributed by atoms with Crippen LogP contribution in [0.25, 0.3) is 0 Å². The summed E-state index contributed by atoms with van der Waals surface area (Å²) in [6, 6.07) is 0.534. The molecular weight excluding hydrogens is 368 g/mol. The zero-order valence-corrected chi connectivity index (χ0v) is 16.9. The lowest BCUT2D eigenvalue weighted by Crippen LogP contribution is -2.49. The van der Waals surface area contributed by atoms with Crippen LogP contribution in [0.1, 0.15) is 33.6 Å². The highest BCUT2D eigenvalue weighted by Crippen LogP contribution is 2.20. The van der Waals surface area contributed by atoms with Crippen molar-refractivity contribution in [2.45, 2.75) is 52.0 Å². The van der Waals surface area contributed by atoms with Crippen molar-refractivity contribution < 1.29 is 28.5 Å². The molecule has 0 radical (unpaired) electrons. The summed E-state index contributed by atoms with van der Waals surface area (Å²) in [5.74, 6) is 0.372. The SMILES string of the molecule is COc1cc(OC)nc(N[C@@H](CC(C)C)C(=O)N[C@H]2CCO[C@H]2OC(C)=O)n1. The van der Waals surface area contributed by atoms with Crippen LogP contribution in [-0.2, 0) is 19.1 Å². The molecule has 1 aromatic heterocycles. The molecule has 0 aliphatic carbocycles. The fourth-order valence-electron chi connectivity index (χ4n) is 2.80. The summed E-state index contributed by atoms with van der Waals surface area (Å²) in [5, 5.41) is 5.94. The number of methoxy groups -OCH3 is 2. The van der Waals surface area contributed by atoms with Crippen molar-refractivity contribution in [3.05, 3.63) is 6.07 Å². The summed E-state index contributed by atoms with van der Waals surface area (Å²) in [5.41, 5.74) is 0. The molecule has 1 amide bonds. The Morgan fingerprint density at radius 2 is 1.89 bits per heavy atom. The Bertz CT molecular complexity index is 662. The Balaban J connectivity index is 2.12. The van der Waals surface area contributed by atoms with Crippen molar-refractivity contribution >= 4 is 17.8 Å². The van der Waals surface area contributed by atoms with Crippen molar-refractivity contribution in [3.8, 4) is 11.8 Å². The van der Waals surface area contributed by atoms with Gasteiger partial charge in [-0.05, 0) is 18.8 Å². The topological polar surface area (TPSA) is 121 Å². The fraction of sp³-hybridized carbons (Fsp3) is 0.667. The highest BCUT2D eigenvalue weighted by Gasteiger charge is 2.34. The summed E-state index contributed by atoms with van der Waals surface area (Å²) in [6.07, 6.45) is 0.316. The van der Waals surface area contributed by atoms with Crippen molar-refractivity contribution in [3.63, 3.8) is 0 Å². The molecule has 0 saturated carbocycles. The highest BCUT2D eigenvalue weighted by molar-refractivity contribution is 5.84. The molecule has 156 valence electrons. The second-order valence-corrected chi connectivity index (χ2v) is 6.86. The highest BCUT2D eigenvalue weighted by atomic mass is 16.7. The molecule has 1 aromatic rings. The lowest BCUT2D eigenvalue weighted by molar-refractivity contribution is -0.170. The first-order chi connectivity index (χ1) is 13.3. The Morgan fingerprint density at radius 1 is 1.25 bits per heavy atom. The minimum absolute atomic E-state index is 0.219. The van der Waals surface area contributed by atoms with E-state index in [1.807, 2.05) is 13.8 Å². The molecule has 1 saturated heterocycles. The molecular formula is C18H28N4O6. The van der Waals surface area contributed by atoms with Crippen LogP contribution in [0.15, 0.2) is 6.07 Å². The number of rotatable bonds is 9. The van der Waals surface area contributed by atoms with E-state index in [1.54, 1.807) is 6.07 Å².